The van der Waals surface area contributed by atoms with Crippen molar-refractivity contribution in [2.75, 3.05) is 23.3 Å². The van der Waals surface area contributed by atoms with Crippen molar-refractivity contribution in [3.8, 4) is 11.5 Å². The molecule has 1 aliphatic rings. The topological polar surface area (TPSA) is 123 Å². The number of rotatable bonds is 7. The second-order valence-corrected chi connectivity index (χ2v) is 8.59. The zero-order valence-electron chi connectivity index (χ0n) is 18.0. The molecule has 1 N–H and O–H groups in total. The highest BCUT2D eigenvalue weighted by Gasteiger charge is 2.29. The molecule has 4 rings (SSSR count). The summed E-state index contributed by atoms with van der Waals surface area (Å²) < 4.78 is 5.47. The third-order valence-electron chi connectivity index (χ3n) is 5.23. The number of aromatic nitrogens is 6. The number of hydrogen-bond donors (Lipinski definition) is 1. The van der Waals surface area contributed by atoms with Gasteiger partial charge in [-0.1, -0.05) is 30.3 Å². The Bertz CT molecular complexity index is 1040. The summed E-state index contributed by atoms with van der Waals surface area (Å²) in [4.78, 5) is 28.3. The predicted octanol–water partition coefficient (Wildman–Crippen LogP) is 3.06. The first-order chi connectivity index (χ1) is 15.1. The molecule has 0 spiro atoms. The van der Waals surface area contributed by atoms with Gasteiger partial charge in [-0.25, -0.2) is 9.97 Å². The maximum absolute atomic E-state index is 12.7. The van der Waals surface area contributed by atoms with Crippen LogP contribution in [0.2, 0.25) is 0 Å². The Morgan fingerprint density at radius 2 is 2.06 bits per heavy atom. The molecule has 3 aromatic heterocycles. The fourth-order valence-electron chi connectivity index (χ4n) is 3.55. The Morgan fingerprint density at radius 3 is 2.77 bits per heavy atom. The standard InChI is InChI=1S/C20H26N8O2S/c1-4-6-15-23-19(30-27-15)14-11-21-12(3)22-17(14)28-9-7-13(8-10-28)18(29)24-20-26-25-16(5-2)31-20/h11,13H,4-10H2,1-3H3,(H,24,26,29). The van der Waals surface area contributed by atoms with Gasteiger partial charge in [0.1, 0.15) is 22.2 Å². The van der Waals surface area contributed by atoms with Crippen molar-refractivity contribution >= 4 is 28.2 Å². The number of aryl methyl sites for hydroxylation is 3. The lowest BCUT2D eigenvalue weighted by Gasteiger charge is -2.32. The van der Waals surface area contributed by atoms with Crippen molar-refractivity contribution in [2.45, 2.75) is 52.9 Å². The molecule has 4 heterocycles. The SMILES string of the molecule is CCCc1noc(-c2cnc(C)nc2N2CCC(C(=O)Nc3nnc(CC)s3)CC2)n1. The van der Waals surface area contributed by atoms with Crippen LogP contribution in [0, 0.1) is 12.8 Å². The molecule has 1 aliphatic heterocycles. The summed E-state index contributed by atoms with van der Waals surface area (Å²) in [5, 5.41) is 16.5. The number of amides is 1. The van der Waals surface area contributed by atoms with Crippen LogP contribution in [-0.2, 0) is 17.6 Å². The summed E-state index contributed by atoms with van der Waals surface area (Å²) in [5.74, 6) is 2.49. The summed E-state index contributed by atoms with van der Waals surface area (Å²) in [6, 6.07) is 0. The van der Waals surface area contributed by atoms with Crippen molar-refractivity contribution in [3.63, 3.8) is 0 Å². The molecule has 0 aromatic carbocycles. The van der Waals surface area contributed by atoms with Crippen molar-refractivity contribution in [1.82, 2.24) is 30.3 Å². The maximum atomic E-state index is 12.7. The van der Waals surface area contributed by atoms with E-state index in [0.717, 1.165) is 48.5 Å². The first kappa shape index (κ1) is 21.3. The fourth-order valence-corrected chi connectivity index (χ4v) is 4.23. The average molecular weight is 443 g/mol. The van der Waals surface area contributed by atoms with Gasteiger partial charge in [0, 0.05) is 31.6 Å². The molecule has 0 unspecified atom stereocenters. The number of carbonyl (C=O) groups excluding carboxylic acids is 1. The van der Waals surface area contributed by atoms with Gasteiger partial charge in [0.15, 0.2) is 5.82 Å². The minimum absolute atomic E-state index is 0.00125. The maximum Gasteiger partial charge on any atom is 0.263 e. The van der Waals surface area contributed by atoms with Crippen LogP contribution < -0.4 is 10.2 Å². The van der Waals surface area contributed by atoms with Crippen molar-refractivity contribution in [3.05, 3.63) is 22.9 Å². The van der Waals surface area contributed by atoms with E-state index in [0.29, 0.717) is 35.8 Å². The van der Waals surface area contributed by atoms with Crippen LogP contribution in [0.5, 0.6) is 0 Å². The Hall–Kier alpha value is -2.95. The monoisotopic (exact) mass is 442 g/mol. The minimum atomic E-state index is -0.0730. The van der Waals surface area contributed by atoms with Gasteiger partial charge in [-0.05, 0) is 32.6 Å². The highest BCUT2D eigenvalue weighted by Crippen LogP contribution is 2.31. The molecule has 0 aliphatic carbocycles. The van der Waals surface area contributed by atoms with Gasteiger partial charge in [0.2, 0.25) is 11.0 Å². The first-order valence-corrected chi connectivity index (χ1v) is 11.4. The molecular weight excluding hydrogens is 416 g/mol. The van der Waals surface area contributed by atoms with Crippen LogP contribution in [0.15, 0.2) is 10.7 Å². The van der Waals surface area contributed by atoms with E-state index in [1.807, 2.05) is 13.8 Å². The Balaban J connectivity index is 1.44. The molecule has 10 nitrogen and oxygen atoms in total. The molecule has 3 aromatic rings. The number of piperidine rings is 1. The second-order valence-electron chi connectivity index (χ2n) is 7.53. The molecular formula is C20H26N8O2S. The van der Waals surface area contributed by atoms with Crippen LogP contribution in [0.25, 0.3) is 11.5 Å². The molecule has 31 heavy (non-hydrogen) atoms. The fraction of sp³-hybridized carbons (Fsp3) is 0.550. The van der Waals surface area contributed by atoms with Gasteiger partial charge in [-0.2, -0.15) is 4.98 Å². The van der Waals surface area contributed by atoms with Crippen LogP contribution >= 0.6 is 11.3 Å². The molecule has 1 fully saturated rings. The molecule has 11 heteroatoms. The molecule has 1 amide bonds. The highest BCUT2D eigenvalue weighted by molar-refractivity contribution is 7.15. The highest BCUT2D eigenvalue weighted by atomic mass is 32.1. The molecule has 0 radical (unpaired) electrons. The van der Waals surface area contributed by atoms with E-state index in [-0.39, 0.29) is 11.8 Å². The third-order valence-corrected chi connectivity index (χ3v) is 6.21. The third kappa shape index (κ3) is 4.87. The Kier molecular flexibility index (Phi) is 6.50. The Labute approximate surface area is 184 Å². The van der Waals surface area contributed by atoms with Crippen molar-refractivity contribution < 1.29 is 9.32 Å². The van der Waals surface area contributed by atoms with Crippen LogP contribution in [0.4, 0.5) is 10.9 Å². The molecule has 164 valence electrons. The molecule has 0 bridgehead atoms. The van der Waals surface area contributed by atoms with E-state index in [4.69, 9.17) is 4.52 Å². The normalized spacial score (nSPS) is 14.7. The van der Waals surface area contributed by atoms with Crippen LogP contribution in [0.3, 0.4) is 0 Å². The van der Waals surface area contributed by atoms with Crippen molar-refractivity contribution in [2.24, 2.45) is 5.92 Å². The molecule has 0 saturated carbocycles. The number of nitrogens with one attached hydrogen (secondary N) is 1. The minimum Gasteiger partial charge on any atom is -0.356 e. The van der Waals surface area contributed by atoms with Crippen molar-refractivity contribution in [1.29, 1.82) is 0 Å². The average Bonchev–Trinajstić information content (AvgIpc) is 3.43. The molecule has 0 atom stereocenters. The zero-order valence-corrected chi connectivity index (χ0v) is 18.8. The van der Waals surface area contributed by atoms with Gasteiger partial charge >= 0.3 is 0 Å². The van der Waals surface area contributed by atoms with Gasteiger partial charge < -0.3 is 14.7 Å². The summed E-state index contributed by atoms with van der Waals surface area (Å²) >= 11 is 1.42. The van der Waals surface area contributed by atoms with E-state index in [9.17, 15) is 4.79 Å². The largest absolute Gasteiger partial charge is 0.356 e. The lowest BCUT2D eigenvalue weighted by molar-refractivity contribution is -0.120. The van der Waals surface area contributed by atoms with Crippen LogP contribution in [-0.4, -0.2) is 49.3 Å². The summed E-state index contributed by atoms with van der Waals surface area (Å²) in [5.41, 5.74) is 0.726. The van der Waals surface area contributed by atoms with Gasteiger partial charge in [0.25, 0.3) is 5.89 Å². The number of nitrogens with zero attached hydrogens (tertiary/aromatic N) is 7. The van der Waals surface area contributed by atoms with Crippen LogP contribution in [0.1, 0.15) is 49.8 Å². The zero-order chi connectivity index (χ0) is 21.8. The lowest BCUT2D eigenvalue weighted by atomic mass is 9.96. The number of hydrogen-bond acceptors (Lipinski definition) is 10. The molecule has 1 saturated heterocycles. The summed E-state index contributed by atoms with van der Waals surface area (Å²) in [6.45, 7) is 7.35. The number of anilines is 2. The van der Waals surface area contributed by atoms with Gasteiger partial charge in [0.05, 0.1) is 0 Å². The summed E-state index contributed by atoms with van der Waals surface area (Å²) in [6.07, 6.45) is 5.70. The summed E-state index contributed by atoms with van der Waals surface area (Å²) in [7, 11) is 0. The first-order valence-electron chi connectivity index (χ1n) is 10.6. The van der Waals surface area contributed by atoms with Gasteiger partial charge in [-0.3, -0.25) is 4.79 Å². The van der Waals surface area contributed by atoms with E-state index in [2.05, 4.69) is 47.4 Å². The predicted molar refractivity (Wildman–Crippen MR) is 117 cm³/mol. The van der Waals surface area contributed by atoms with E-state index in [1.54, 1.807) is 6.20 Å². The van der Waals surface area contributed by atoms with E-state index >= 15 is 0 Å². The Morgan fingerprint density at radius 1 is 1.26 bits per heavy atom. The number of carbonyl (C=O) groups is 1. The van der Waals surface area contributed by atoms with Gasteiger partial charge in [-0.15, -0.1) is 10.2 Å². The lowest BCUT2D eigenvalue weighted by Crippen LogP contribution is -2.39. The smallest absolute Gasteiger partial charge is 0.263 e. The van der Waals surface area contributed by atoms with E-state index < -0.39 is 0 Å². The quantitative estimate of drug-likeness (QED) is 0.588. The second kappa shape index (κ2) is 9.46. The van der Waals surface area contributed by atoms with E-state index in [1.165, 1.54) is 11.3 Å².